The van der Waals surface area contributed by atoms with Crippen LogP contribution in [0.2, 0.25) is 0 Å². The van der Waals surface area contributed by atoms with Gasteiger partial charge in [0.2, 0.25) is 5.95 Å². The van der Waals surface area contributed by atoms with Crippen molar-refractivity contribution in [3.05, 3.63) is 146 Å². The van der Waals surface area contributed by atoms with Gasteiger partial charge in [0.05, 0.1) is 22.4 Å². The Balaban J connectivity index is 1.43. The molecular formula is C38H24N4. The molecule has 0 amide bonds. The zero-order chi connectivity index (χ0) is 27.6. The molecule has 0 saturated carbocycles. The lowest BCUT2D eigenvalue weighted by Crippen LogP contribution is -2.17. The molecule has 0 atom stereocenters. The standard InChI is InChI=1S/C38H24N4/c1-3-10-25(11-4-1)27-18-19-33-30(22-27)32-23-31-29-16-7-12-26-13-8-17-34(37(26)29)42(38-39-20-9-21-40-38)36(31)24-35(32)41(33)28-14-5-2-6-15-28/h1-24H. The minimum Gasteiger partial charge on any atom is -0.309 e. The third-order valence-corrected chi connectivity index (χ3v) is 8.41. The zero-order valence-corrected chi connectivity index (χ0v) is 22.6. The summed E-state index contributed by atoms with van der Waals surface area (Å²) in [6, 6.07) is 47.7. The Bertz CT molecular complexity index is 2280. The summed E-state index contributed by atoms with van der Waals surface area (Å²) >= 11 is 0. The summed E-state index contributed by atoms with van der Waals surface area (Å²) in [5, 5.41) is 4.87. The third kappa shape index (κ3) is 3.29. The molecule has 0 fully saturated rings. The lowest BCUT2D eigenvalue weighted by molar-refractivity contribution is 1.08. The average Bonchev–Trinajstić information content (AvgIpc) is 3.38. The Morgan fingerprint density at radius 2 is 1.21 bits per heavy atom. The van der Waals surface area contributed by atoms with Crippen LogP contribution in [0.5, 0.6) is 0 Å². The van der Waals surface area contributed by atoms with Gasteiger partial charge in [-0.2, -0.15) is 0 Å². The molecule has 4 heteroatoms. The van der Waals surface area contributed by atoms with E-state index in [1.54, 1.807) is 0 Å². The van der Waals surface area contributed by atoms with Crippen LogP contribution < -0.4 is 4.90 Å². The molecule has 4 nitrogen and oxygen atoms in total. The Morgan fingerprint density at radius 3 is 2.02 bits per heavy atom. The van der Waals surface area contributed by atoms with Crippen molar-refractivity contribution in [2.75, 3.05) is 4.90 Å². The van der Waals surface area contributed by atoms with Crippen molar-refractivity contribution in [3.63, 3.8) is 0 Å². The highest BCUT2D eigenvalue weighted by atomic mass is 15.3. The average molecular weight is 537 g/mol. The van der Waals surface area contributed by atoms with Gasteiger partial charge in [0.15, 0.2) is 0 Å². The molecule has 196 valence electrons. The molecule has 2 aromatic heterocycles. The molecule has 8 aromatic rings. The van der Waals surface area contributed by atoms with E-state index in [4.69, 9.17) is 9.97 Å². The molecule has 6 aromatic carbocycles. The van der Waals surface area contributed by atoms with E-state index < -0.39 is 0 Å². The predicted molar refractivity (Wildman–Crippen MR) is 173 cm³/mol. The van der Waals surface area contributed by atoms with E-state index in [2.05, 4.69) is 137 Å². The lowest BCUT2D eigenvalue weighted by Gasteiger charge is -2.32. The van der Waals surface area contributed by atoms with Gasteiger partial charge in [0.1, 0.15) is 0 Å². The molecule has 0 N–H and O–H groups in total. The number of fused-ring (bicyclic) bond motifs is 5. The number of hydrogen-bond donors (Lipinski definition) is 0. The summed E-state index contributed by atoms with van der Waals surface area (Å²) < 4.78 is 2.38. The number of aromatic nitrogens is 3. The topological polar surface area (TPSA) is 34.0 Å². The highest BCUT2D eigenvalue weighted by Gasteiger charge is 2.29. The zero-order valence-electron chi connectivity index (χ0n) is 22.6. The smallest absolute Gasteiger partial charge is 0.234 e. The first-order chi connectivity index (χ1) is 20.8. The summed E-state index contributed by atoms with van der Waals surface area (Å²) in [6.45, 7) is 0. The van der Waals surface area contributed by atoms with Crippen LogP contribution in [0, 0.1) is 0 Å². The first-order valence-electron chi connectivity index (χ1n) is 14.2. The van der Waals surface area contributed by atoms with Crippen molar-refractivity contribution in [2.24, 2.45) is 0 Å². The molecule has 9 rings (SSSR count). The monoisotopic (exact) mass is 536 g/mol. The van der Waals surface area contributed by atoms with Crippen LogP contribution in [0.3, 0.4) is 0 Å². The molecule has 1 aliphatic rings. The van der Waals surface area contributed by atoms with Crippen molar-refractivity contribution in [3.8, 4) is 27.9 Å². The van der Waals surface area contributed by atoms with E-state index in [9.17, 15) is 0 Å². The van der Waals surface area contributed by atoms with E-state index in [0.29, 0.717) is 5.95 Å². The molecule has 0 bridgehead atoms. The van der Waals surface area contributed by atoms with E-state index in [1.165, 1.54) is 49.3 Å². The Hall–Kier alpha value is -5.74. The van der Waals surface area contributed by atoms with Crippen LogP contribution in [0.15, 0.2) is 146 Å². The van der Waals surface area contributed by atoms with Crippen molar-refractivity contribution in [1.82, 2.24) is 14.5 Å². The quantitative estimate of drug-likeness (QED) is 0.225. The molecule has 1 aliphatic heterocycles. The fraction of sp³-hybridized carbons (Fsp3) is 0. The van der Waals surface area contributed by atoms with Gasteiger partial charge in [-0.05, 0) is 70.6 Å². The van der Waals surface area contributed by atoms with Crippen molar-refractivity contribution in [2.45, 2.75) is 0 Å². The maximum absolute atomic E-state index is 4.72. The summed E-state index contributed by atoms with van der Waals surface area (Å²) in [5.74, 6) is 0.661. The van der Waals surface area contributed by atoms with Crippen molar-refractivity contribution in [1.29, 1.82) is 0 Å². The van der Waals surface area contributed by atoms with Crippen LogP contribution in [-0.2, 0) is 0 Å². The maximum Gasteiger partial charge on any atom is 0.234 e. The summed E-state index contributed by atoms with van der Waals surface area (Å²) in [5.41, 5.74) is 10.4. The maximum atomic E-state index is 4.72. The van der Waals surface area contributed by atoms with E-state index in [1.807, 2.05) is 18.5 Å². The molecule has 0 saturated heterocycles. The number of anilines is 3. The fourth-order valence-corrected chi connectivity index (χ4v) is 6.60. The van der Waals surface area contributed by atoms with Crippen LogP contribution in [0.25, 0.3) is 60.5 Å². The van der Waals surface area contributed by atoms with Gasteiger partial charge in [-0.15, -0.1) is 0 Å². The van der Waals surface area contributed by atoms with Gasteiger partial charge in [0, 0.05) is 39.8 Å². The van der Waals surface area contributed by atoms with Crippen molar-refractivity contribution >= 4 is 49.9 Å². The number of benzene rings is 6. The third-order valence-electron chi connectivity index (χ3n) is 8.41. The van der Waals surface area contributed by atoms with Gasteiger partial charge in [-0.1, -0.05) is 84.9 Å². The number of hydrogen-bond acceptors (Lipinski definition) is 3. The number of para-hydroxylation sites is 1. The van der Waals surface area contributed by atoms with Gasteiger partial charge >= 0.3 is 0 Å². The summed E-state index contributed by atoms with van der Waals surface area (Å²) in [6.07, 6.45) is 3.63. The van der Waals surface area contributed by atoms with Gasteiger partial charge in [-0.3, -0.25) is 4.90 Å². The second kappa shape index (κ2) is 8.88. The molecule has 0 radical (unpaired) electrons. The van der Waals surface area contributed by atoms with Crippen molar-refractivity contribution < 1.29 is 0 Å². The first-order valence-corrected chi connectivity index (χ1v) is 14.2. The molecular weight excluding hydrogens is 512 g/mol. The minimum absolute atomic E-state index is 0.661. The highest BCUT2D eigenvalue weighted by Crippen LogP contribution is 2.52. The summed E-state index contributed by atoms with van der Waals surface area (Å²) in [7, 11) is 0. The van der Waals surface area contributed by atoms with Crippen LogP contribution in [0.4, 0.5) is 17.3 Å². The molecule has 42 heavy (non-hydrogen) atoms. The molecule has 3 heterocycles. The van der Waals surface area contributed by atoms with Gasteiger partial charge < -0.3 is 4.57 Å². The largest absolute Gasteiger partial charge is 0.309 e. The Labute approximate surface area is 242 Å². The lowest BCUT2D eigenvalue weighted by atomic mass is 9.90. The highest BCUT2D eigenvalue weighted by molar-refractivity contribution is 6.19. The molecule has 0 spiro atoms. The molecule has 0 unspecified atom stereocenters. The minimum atomic E-state index is 0.661. The van der Waals surface area contributed by atoms with Crippen LogP contribution in [0.1, 0.15) is 0 Å². The number of nitrogens with zero attached hydrogens (tertiary/aromatic N) is 4. The number of rotatable bonds is 3. The second-order valence-electron chi connectivity index (χ2n) is 10.7. The Kier molecular flexibility index (Phi) is 4.87. The van der Waals surface area contributed by atoms with Crippen LogP contribution >= 0.6 is 0 Å². The molecule has 0 aliphatic carbocycles. The first kappa shape index (κ1) is 23.0. The summed E-state index contributed by atoms with van der Waals surface area (Å²) in [4.78, 5) is 11.7. The van der Waals surface area contributed by atoms with E-state index in [-0.39, 0.29) is 0 Å². The Morgan fingerprint density at radius 1 is 0.476 bits per heavy atom. The van der Waals surface area contributed by atoms with Crippen LogP contribution in [-0.4, -0.2) is 14.5 Å². The van der Waals surface area contributed by atoms with E-state index >= 15 is 0 Å². The van der Waals surface area contributed by atoms with E-state index in [0.717, 1.165) is 22.6 Å². The second-order valence-corrected chi connectivity index (χ2v) is 10.7. The van der Waals surface area contributed by atoms with Gasteiger partial charge in [-0.25, -0.2) is 9.97 Å². The predicted octanol–water partition coefficient (Wildman–Crippen LogP) is 9.84. The normalized spacial score (nSPS) is 12.2. The van der Waals surface area contributed by atoms with Gasteiger partial charge in [0.25, 0.3) is 0 Å². The fourth-order valence-electron chi connectivity index (χ4n) is 6.60. The SMILES string of the molecule is c1ccc(-c2ccc3c(c2)c2cc4c(cc2n3-c2ccccc2)N(c2ncccn2)c2cccc3cccc-4c23)cc1.